The normalized spacial score (nSPS) is 19.0. The van der Waals surface area contributed by atoms with E-state index in [2.05, 4.69) is 0 Å². The monoisotopic (exact) mass is 308 g/mol. The van der Waals surface area contributed by atoms with Crippen molar-refractivity contribution in [1.82, 2.24) is 0 Å². The van der Waals surface area contributed by atoms with Crippen LogP contribution in [0, 0.1) is 0 Å². The van der Waals surface area contributed by atoms with E-state index in [1.165, 1.54) is 0 Å². The van der Waals surface area contributed by atoms with Gasteiger partial charge in [-0.2, -0.15) is 0 Å². The largest absolute Gasteiger partial charge is 1.00 e. The molecule has 2 unspecified atom stereocenters. The van der Waals surface area contributed by atoms with E-state index in [0.717, 1.165) is 5.56 Å². The summed E-state index contributed by atoms with van der Waals surface area (Å²) in [6, 6.07) is 14.5. The first kappa shape index (κ1) is 16.8. The quantitative estimate of drug-likeness (QED) is 0.506. The summed E-state index contributed by atoms with van der Waals surface area (Å²) in [5.74, 6) is 0.532. The van der Waals surface area contributed by atoms with Crippen LogP contribution in [-0.4, -0.2) is 19.2 Å². The molecule has 0 N–H and O–H groups in total. The molecule has 22 heavy (non-hydrogen) atoms. The van der Waals surface area contributed by atoms with Gasteiger partial charge >= 0.3 is 29.6 Å². The third-order valence-corrected chi connectivity index (χ3v) is 3.21. The third-order valence-electron chi connectivity index (χ3n) is 3.21. The summed E-state index contributed by atoms with van der Waals surface area (Å²) in [5, 5.41) is 10.8. The van der Waals surface area contributed by atoms with Crippen molar-refractivity contribution < 1.29 is 53.7 Å². The summed E-state index contributed by atoms with van der Waals surface area (Å²) in [6.45, 7) is 0. The molecule has 5 nitrogen and oxygen atoms in total. The fourth-order valence-corrected chi connectivity index (χ4v) is 2.11. The Hall–Kier alpha value is -1.53. The maximum absolute atomic E-state index is 10.8. The summed E-state index contributed by atoms with van der Waals surface area (Å²) in [6.07, 6.45) is -1.37. The first-order chi connectivity index (χ1) is 10.2. The minimum absolute atomic E-state index is 0. The van der Waals surface area contributed by atoms with E-state index < -0.39 is 18.2 Å². The van der Waals surface area contributed by atoms with E-state index >= 15 is 0 Å². The zero-order chi connectivity index (χ0) is 14.8. The number of para-hydroxylation sites is 1. The SMILES string of the molecule is COc1ccc(C2OC2C(=O)[O-])cc1Oc1ccccc1.[Na+]. The van der Waals surface area contributed by atoms with Gasteiger partial charge < -0.3 is 24.1 Å². The molecule has 3 rings (SSSR count). The molecule has 2 aromatic rings. The fraction of sp³-hybridized carbons (Fsp3) is 0.188. The van der Waals surface area contributed by atoms with Gasteiger partial charge in [0.25, 0.3) is 0 Å². The molecule has 0 aliphatic carbocycles. The minimum Gasteiger partial charge on any atom is -0.547 e. The molecule has 108 valence electrons. The smallest absolute Gasteiger partial charge is 0.547 e. The Labute approximate surface area is 150 Å². The van der Waals surface area contributed by atoms with Crippen LogP contribution in [0.4, 0.5) is 0 Å². The molecule has 0 amide bonds. The molecule has 2 atom stereocenters. The Morgan fingerprint density at radius 1 is 1.14 bits per heavy atom. The van der Waals surface area contributed by atoms with Crippen molar-refractivity contribution >= 4 is 5.97 Å². The predicted octanol–water partition coefficient (Wildman–Crippen LogP) is -1.32. The number of carboxylic acid groups (broad SMARTS) is 1. The number of hydrogen-bond acceptors (Lipinski definition) is 5. The number of epoxide rings is 1. The second-order valence-electron chi connectivity index (χ2n) is 4.62. The van der Waals surface area contributed by atoms with Gasteiger partial charge in [-0.1, -0.05) is 24.3 Å². The van der Waals surface area contributed by atoms with Gasteiger partial charge in [0.05, 0.1) is 13.1 Å². The average molecular weight is 308 g/mol. The number of carboxylic acids is 1. The van der Waals surface area contributed by atoms with Gasteiger partial charge in [-0.15, -0.1) is 0 Å². The molecule has 0 bridgehead atoms. The fourth-order valence-electron chi connectivity index (χ4n) is 2.11. The van der Waals surface area contributed by atoms with Crippen LogP contribution < -0.4 is 44.1 Å². The van der Waals surface area contributed by atoms with Gasteiger partial charge in [0.15, 0.2) is 11.5 Å². The van der Waals surface area contributed by atoms with Gasteiger partial charge in [-0.05, 0) is 29.8 Å². The maximum atomic E-state index is 10.8. The van der Waals surface area contributed by atoms with Crippen LogP contribution in [0.2, 0.25) is 0 Å². The molecule has 0 saturated carbocycles. The second kappa shape index (κ2) is 7.15. The van der Waals surface area contributed by atoms with Crippen LogP contribution in [0.1, 0.15) is 11.7 Å². The molecule has 1 aliphatic rings. The molecular formula is C16H13NaO5. The van der Waals surface area contributed by atoms with Crippen LogP contribution in [0.15, 0.2) is 48.5 Å². The first-order valence-corrected chi connectivity index (χ1v) is 6.46. The number of methoxy groups -OCH3 is 1. The molecule has 0 spiro atoms. The van der Waals surface area contributed by atoms with Gasteiger partial charge in [0.1, 0.15) is 18.0 Å². The van der Waals surface area contributed by atoms with Crippen LogP contribution in [0.5, 0.6) is 17.2 Å². The molecule has 6 heteroatoms. The zero-order valence-electron chi connectivity index (χ0n) is 12.3. The molecule has 1 fully saturated rings. The number of carbonyl (C=O) groups is 1. The maximum Gasteiger partial charge on any atom is 1.00 e. The van der Waals surface area contributed by atoms with E-state index in [9.17, 15) is 9.90 Å². The number of benzene rings is 2. The van der Waals surface area contributed by atoms with E-state index in [1.807, 2.05) is 30.3 Å². The molecule has 1 heterocycles. The Morgan fingerprint density at radius 2 is 1.86 bits per heavy atom. The van der Waals surface area contributed by atoms with Crippen LogP contribution >= 0.6 is 0 Å². The van der Waals surface area contributed by atoms with E-state index in [4.69, 9.17) is 14.2 Å². The first-order valence-electron chi connectivity index (χ1n) is 6.46. The molecule has 2 aromatic carbocycles. The molecule has 0 aromatic heterocycles. The van der Waals surface area contributed by atoms with Crippen molar-refractivity contribution in [2.45, 2.75) is 12.2 Å². The Bertz CT molecular complexity index is 659. The summed E-state index contributed by atoms with van der Waals surface area (Å²) in [4.78, 5) is 10.8. The van der Waals surface area contributed by atoms with E-state index in [-0.39, 0.29) is 29.6 Å². The second-order valence-corrected chi connectivity index (χ2v) is 4.62. The van der Waals surface area contributed by atoms with Crippen molar-refractivity contribution in [3.8, 4) is 17.2 Å². The van der Waals surface area contributed by atoms with Gasteiger partial charge in [0, 0.05) is 0 Å². The molecule has 1 aliphatic heterocycles. The van der Waals surface area contributed by atoms with Crippen molar-refractivity contribution in [2.24, 2.45) is 0 Å². The molecule has 0 radical (unpaired) electrons. The van der Waals surface area contributed by atoms with Crippen LogP contribution in [0.25, 0.3) is 0 Å². The summed E-state index contributed by atoms with van der Waals surface area (Å²) < 4.78 is 16.1. The Kier molecular flexibility index (Phi) is 5.47. The predicted molar refractivity (Wildman–Crippen MR) is 72.1 cm³/mol. The number of ether oxygens (including phenoxy) is 3. The van der Waals surface area contributed by atoms with Crippen molar-refractivity contribution in [3.63, 3.8) is 0 Å². The van der Waals surface area contributed by atoms with Crippen molar-refractivity contribution in [3.05, 3.63) is 54.1 Å². The van der Waals surface area contributed by atoms with Crippen molar-refractivity contribution in [2.75, 3.05) is 7.11 Å². The summed E-state index contributed by atoms with van der Waals surface area (Å²) in [5.41, 5.74) is 0.718. The number of hydrogen-bond donors (Lipinski definition) is 0. The van der Waals surface area contributed by atoms with Gasteiger partial charge in [0.2, 0.25) is 0 Å². The molecule has 1 saturated heterocycles. The summed E-state index contributed by atoms with van der Waals surface area (Å²) >= 11 is 0. The number of carbonyl (C=O) groups excluding carboxylic acids is 1. The van der Waals surface area contributed by atoms with Crippen molar-refractivity contribution in [1.29, 1.82) is 0 Å². The average Bonchev–Trinajstić information content (AvgIpc) is 3.29. The molecular weight excluding hydrogens is 295 g/mol. The number of rotatable bonds is 5. The van der Waals surface area contributed by atoms with Crippen LogP contribution in [0.3, 0.4) is 0 Å². The number of aliphatic carboxylic acids is 1. The Morgan fingerprint density at radius 3 is 2.45 bits per heavy atom. The van der Waals surface area contributed by atoms with E-state index in [0.29, 0.717) is 17.2 Å². The van der Waals surface area contributed by atoms with E-state index in [1.54, 1.807) is 25.3 Å². The van der Waals surface area contributed by atoms with Gasteiger partial charge in [-0.3, -0.25) is 0 Å². The topological polar surface area (TPSA) is 71.1 Å². The van der Waals surface area contributed by atoms with Crippen LogP contribution in [-0.2, 0) is 9.53 Å². The zero-order valence-corrected chi connectivity index (χ0v) is 14.3. The third kappa shape index (κ3) is 3.62. The van der Waals surface area contributed by atoms with Gasteiger partial charge in [-0.25, -0.2) is 0 Å². The standard InChI is InChI=1S/C16H14O5.Na/c1-19-12-8-7-10(14-15(21-14)16(17)18)9-13(12)20-11-5-3-2-4-6-11;/h2-9,14-15H,1H3,(H,17,18);/q;+1/p-1. The Balaban J connectivity index is 0.00000176. The summed E-state index contributed by atoms with van der Waals surface area (Å²) in [7, 11) is 1.55. The minimum atomic E-state index is -1.21.